The fourth-order valence-electron chi connectivity index (χ4n) is 3.04. The molecule has 0 bridgehead atoms. The number of carbonyl (C=O) groups is 2. The van der Waals surface area contributed by atoms with E-state index in [0.29, 0.717) is 18.5 Å². The highest BCUT2D eigenvalue weighted by Gasteiger charge is 2.27. The van der Waals surface area contributed by atoms with Crippen molar-refractivity contribution in [3.05, 3.63) is 65.7 Å². The minimum atomic E-state index is -0.305. The monoisotopic (exact) mass is 378 g/mol. The predicted octanol–water partition coefficient (Wildman–Crippen LogP) is 2.21. The molecule has 0 saturated heterocycles. The fraction of sp³-hybridized carbons (Fsp3) is 0.286. The number of hydrogen-bond acceptors (Lipinski definition) is 4. The second-order valence-electron chi connectivity index (χ2n) is 6.84. The number of aromatic nitrogens is 2. The second-order valence-corrected chi connectivity index (χ2v) is 6.84. The normalized spacial score (nSPS) is 13.3. The largest absolute Gasteiger partial charge is 0.497 e. The molecule has 3 aromatic rings. The molecule has 0 spiro atoms. The number of pyridine rings is 1. The van der Waals surface area contributed by atoms with E-state index in [0.717, 1.165) is 24.2 Å². The van der Waals surface area contributed by atoms with Crippen molar-refractivity contribution in [1.82, 2.24) is 20.0 Å². The van der Waals surface area contributed by atoms with Crippen molar-refractivity contribution in [2.75, 3.05) is 13.7 Å². The zero-order valence-corrected chi connectivity index (χ0v) is 15.6. The highest BCUT2D eigenvalue weighted by atomic mass is 16.5. The summed E-state index contributed by atoms with van der Waals surface area (Å²) in [6.45, 7) is 0.469. The van der Waals surface area contributed by atoms with Crippen molar-refractivity contribution < 1.29 is 14.3 Å². The number of carbonyl (C=O) groups excluding carboxylic acids is 2. The number of ether oxygens (including phenoxy) is 1. The van der Waals surface area contributed by atoms with E-state index in [1.807, 2.05) is 36.4 Å². The maximum Gasteiger partial charge on any atom is 0.287 e. The molecule has 7 heteroatoms. The third-order valence-electron chi connectivity index (χ3n) is 4.74. The number of rotatable bonds is 7. The molecule has 1 aliphatic rings. The Bertz CT molecular complexity index is 1010. The molecule has 1 saturated carbocycles. The third kappa shape index (κ3) is 3.83. The van der Waals surface area contributed by atoms with Crippen LogP contribution in [0.5, 0.6) is 5.75 Å². The number of nitrogens with one attached hydrogen (secondary N) is 2. The van der Waals surface area contributed by atoms with Crippen molar-refractivity contribution in [3.8, 4) is 5.75 Å². The molecule has 2 heterocycles. The molecule has 1 fully saturated rings. The maximum absolute atomic E-state index is 12.7. The van der Waals surface area contributed by atoms with Gasteiger partial charge in [-0.2, -0.15) is 0 Å². The molecule has 0 radical (unpaired) electrons. The summed E-state index contributed by atoms with van der Waals surface area (Å²) in [6, 6.07) is 13.4. The molecule has 28 heavy (non-hydrogen) atoms. The quantitative estimate of drug-likeness (QED) is 0.660. The van der Waals surface area contributed by atoms with Gasteiger partial charge in [-0.25, -0.2) is 4.98 Å². The summed E-state index contributed by atoms with van der Waals surface area (Å²) in [5, 5.41) is 5.82. The number of nitrogens with zero attached hydrogens (tertiary/aromatic N) is 2. The van der Waals surface area contributed by atoms with Crippen LogP contribution in [0.3, 0.4) is 0 Å². The number of amides is 2. The van der Waals surface area contributed by atoms with E-state index >= 15 is 0 Å². The van der Waals surface area contributed by atoms with E-state index in [1.165, 1.54) is 0 Å². The standard InChI is InChI=1S/C21H22N4O3/c1-28-16-9-5-14(6-10-16)11-12-22-21(27)19-24-18(20(26)23-15-7-8-15)17-4-2-3-13-25(17)19/h2-6,9-10,13,15H,7-8,11-12H2,1H3,(H,22,27)(H,23,26). The lowest BCUT2D eigenvalue weighted by Crippen LogP contribution is -2.28. The average molecular weight is 378 g/mol. The van der Waals surface area contributed by atoms with Gasteiger partial charge in [-0.1, -0.05) is 18.2 Å². The first-order valence-corrected chi connectivity index (χ1v) is 9.35. The molecule has 1 aliphatic carbocycles. The van der Waals surface area contributed by atoms with Gasteiger partial charge >= 0.3 is 0 Å². The molecule has 7 nitrogen and oxygen atoms in total. The predicted molar refractivity (Wildman–Crippen MR) is 105 cm³/mol. The van der Waals surface area contributed by atoms with Crippen LogP contribution in [0, 0.1) is 0 Å². The first kappa shape index (κ1) is 18.0. The van der Waals surface area contributed by atoms with Crippen LogP contribution in [0.4, 0.5) is 0 Å². The van der Waals surface area contributed by atoms with Crippen molar-refractivity contribution >= 4 is 17.3 Å². The van der Waals surface area contributed by atoms with Crippen LogP contribution in [-0.2, 0) is 6.42 Å². The maximum atomic E-state index is 12.7. The summed E-state index contributed by atoms with van der Waals surface area (Å²) in [4.78, 5) is 29.5. The molecule has 0 unspecified atom stereocenters. The smallest absolute Gasteiger partial charge is 0.287 e. The number of hydrogen-bond donors (Lipinski definition) is 2. The summed E-state index contributed by atoms with van der Waals surface area (Å²) < 4.78 is 6.80. The van der Waals surface area contributed by atoms with Gasteiger partial charge in [0.05, 0.1) is 12.6 Å². The zero-order chi connectivity index (χ0) is 19.5. The first-order valence-electron chi connectivity index (χ1n) is 9.35. The third-order valence-corrected chi connectivity index (χ3v) is 4.74. The average Bonchev–Trinajstić information content (AvgIpc) is 3.45. The molecule has 0 atom stereocenters. The fourth-order valence-corrected chi connectivity index (χ4v) is 3.04. The Labute approximate surface area is 162 Å². The zero-order valence-electron chi connectivity index (χ0n) is 15.6. The van der Waals surface area contributed by atoms with Crippen LogP contribution in [0.1, 0.15) is 39.5 Å². The number of imidazole rings is 1. The number of methoxy groups -OCH3 is 1. The Hall–Kier alpha value is -3.35. The van der Waals surface area contributed by atoms with E-state index in [-0.39, 0.29) is 29.4 Å². The van der Waals surface area contributed by atoms with E-state index in [4.69, 9.17) is 4.74 Å². The van der Waals surface area contributed by atoms with Gasteiger partial charge < -0.3 is 15.4 Å². The van der Waals surface area contributed by atoms with Crippen LogP contribution < -0.4 is 15.4 Å². The summed E-state index contributed by atoms with van der Waals surface area (Å²) >= 11 is 0. The highest BCUT2D eigenvalue weighted by molar-refractivity contribution is 6.02. The van der Waals surface area contributed by atoms with E-state index in [1.54, 1.807) is 23.8 Å². The van der Waals surface area contributed by atoms with Crippen LogP contribution >= 0.6 is 0 Å². The summed E-state index contributed by atoms with van der Waals surface area (Å²) in [6.07, 6.45) is 4.43. The van der Waals surface area contributed by atoms with Crippen molar-refractivity contribution in [2.45, 2.75) is 25.3 Å². The Kier molecular flexibility index (Phi) is 4.97. The molecule has 4 rings (SSSR count). The van der Waals surface area contributed by atoms with Gasteiger partial charge in [-0.3, -0.25) is 14.0 Å². The van der Waals surface area contributed by atoms with E-state index < -0.39 is 0 Å². The second kappa shape index (κ2) is 7.72. The molecule has 0 aliphatic heterocycles. The van der Waals surface area contributed by atoms with E-state index in [2.05, 4.69) is 15.6 Å². The molecule has 1 aromatic carbocycles. The van der Waals surface area contributed by atoms with Gasteiger partial charge in [0.25, 0.3) is 11.8 Å². The van der Waals surface area contributed by atoms with Crippen LogP contribution in [-0.4, -0.2) is 40.9 Å². The Balaban J connectivity index is 1.46. The van der Waals surface area contributed by atoms with Gasteiger partial charge in [0.1, 0.15) is 5.75 Å². The number of fused-ring (bicyclic) bond motifs is 1. The van der Waals surface area contributed by atoms with Crippen molar-refractivity contribution in [2.24, 2.45) is 0 Å². The van der Waals surface area contributed by atoms with Crippen molar-refractivity contribution in [3.63, 3.8) is 0 Å². The van der Waals surface area contributed by atoms with Crippen LogP contribution in [0.2, 0.25) is 0 Å². The molecular weight excluding hydrogens is 356 g/mol. The molecule has 2 amide bonds. The molecular formula is C21H22N4O3. The lowest BCUT2D eigenvalue weighted by atomic mass is 10.1. The van der Waals surface area contributed by atoms with Gasteiger partial charge in [0, 0.05) is 18.8 Å². The number of benzene rings is 1. The first-order chi connectivity index (χ1) is 13.7. The molecule has 2 N–H and O–H groups in total. The van der Waals surface area contributed by atoms with Gasteiger partial charge in [-0.15, -0.1) is 0 Å². The van der Waals surface area contributed by atoms with Gasteiger partial charge in [-0.05, 0) is 49.1 Å². The minimum absolute atomic E-state index is 0.214. The van der Waals surface area contributed by atoms with Gasteiger partial charge in [0.15, 0.2) is 5.69 Å². The Morgan fingerprint density at radius 3 is 2.64 bits per heavy atom. The molecule has 2 aromatic heterocycles. The highest BCUT2D eigenvalue weighted by Crippen LogP contribution is 2.20. The summed E-state index contributed by atoms with van der Waals surface area (Å²) in [7, 11) is 1.63. The Morgan fingerprint density at radius 1 is 1.14 bits per heavy atom. The molecule has 144 valence electrons. The topological polar surface area (TPSA) is 84.7 Å². The lowest BCUT2D eigenvalue weighted by Gasteiger charge is -2.06. The minimum Gasteiger partial charge on any atom is -0.497 e. The van der Waals surface area contributed by atoms with Gasteiger partial charge in [0.2, 0.25) is 5.82 Å². The SMILES string of the molecule is COc1ccc(CCNC(=O)c2nc(C(=O)NC3CC3)c3ccccn23)cc1. The Morgan fingerprint density at radius 2 is 1.93 bits per heavy atom. The lowest BCUT2D eigenvalue weighted by molar-refractivity contribution is 0.0943. The van der Waals surface area contributed by atoms with Crippen LogP contribution in [0.25, 0.3) is 5.52 Å². The summed E-state index contributed by atoms with van der Waals surface area (Å²) in [5.41, 5.74) is 2.01. The van der Waals surface area contributed by atoms with Crippen molar-refractivity contribution in [1.29, 1.82) is 0 Å². The van der Waals surface area contributed by atoms with E-state index in [9.17, 15) is 9.59 Å². The summed E-state index contributed by atoms with van der Waals surface area (Å²) in [5.74, 6) is 0.476. The van der Waals surface area contributed by atoms with Crippen LogP contribution in [0.15, 0.2) is 48.7 Å².